The quantitative estimate of drug-likeness (QED) is 0.812. The maximum atomic E-state index is 13.4. The lowest BCUT2D eigenvalue weighted by Crippen LogP contribution is -2.31. The molecule has 27 heavy (non-hydrogen) atoms. The largest absolute Gasteiger partial charge is 0.458 e. The van der Waals surface area contributed by atoms with Crippen LogP contribution in [-0.2, 0) is 9.53 Å². The standard InChI is InChI=1S/C22H24FNO3/c1-13(2)22-19(9-8-18-11-17(25)12-21(26)27-18)20(10-14(3)24-22)15-4-6-16(23)7-5-15/h4-10,13,17-18,25H,11-12H2,1-3H3/b9-8+/t17-,18-/m0/s1. The van der Waals surface area contributed by atoms with E-state index in [2.05, 4.69) is 18.8 Å². The Morgan fingerprint density at radius 3 is 2.63 bits per heavy atom. The van der Waals surface area contributed by atoms with Crippen LogP contribution in [0.3, 0.4) is 0 Å². The molecule has 0 amide bonds. The van der Waals surface area contributed by atoms with Crippen molar-refractivity contribution in [3.8, 4) is 11.1 Å². The summed E-state index contributed by atoms with van der Waals surface area (Å²) in [5.74, 6) is -0.495. The van der Waals surface area contributed by atoms with Gasteiger partial charge in [-0.15, -0.1) is 0 Å². The van der Waals surface area contributed by atoms with Crippen molar-refractivity contribution in [3.63, 3.8) is 0 Å². The molecular weight excluding hydrogens is 345 g/mol. The second kappa shape index (κ2) is 8.01. The second-order valence-corrected chi connectivity index (χ2v) is 7.25. The van der Waals surface area contributed by atoms with Gasteiger partial charge in [0.15, 0.2) is 0 Å². The van der Waals surface area contributed by atoms with Crippen LogP contribution in [0.15, 0.2) is 36.4 Å². The molecule has 0 bridgehead atoms. The third kappa shape index (κ3) is 4.61. The first-order valence-corrected chi connectivity index (χ1v) is 9.16. The van der Waals surface area contributed by atoms with Crippen LogP contribution in [0.1, 0.15) is 49.6 Å². The third-order valence-electron chi connectivity index (χ3n) is 4.59. The van der Waals surface area contributed by atoms with E-state index < -0.39 is 18.2 Å². The van der Waals surface area contributed by atoms with Gasteiger partial charge in [-0.3, -0.25) is 9.78 Å². The number of hydrogen-bond donors (Lipinski definition) is 1. The van der Waals surface area contributed by atoms with Crippen LogP contribution in [0.4, 0.5) is 4.39 Å². The van der Waals surface area contributed by atoms with Crippen LogP contribution in [0.25, 0.3) is 17.2 Å². The molecule has 1 aromatic carbocycles. The monoisotopic (exact) mass is 369 g/mol. The van der Waals surface area contributed by atoms with Crippen LogP contribution in [0.2, 0.25) is 0 Å². The minimum absolute atomic E-state index is 0.0362. The molecule has 1 N–H and O–H groups in total. The summed E-state index contributed by atoms with van der Waals surface area (Å²) in [6.45, 7) is 6.07. The molecule has 2 heterocycles. The van der Waals surface area contributed by atoms with Crippen LogP contribution < -0.4 is 0 Å². The lowest BCUT2D eigenvalue weighted by atomic mass is 9.92. The van der Waals surface area contributed by atoms with Gasteiger partial charge in [0.2, 0.25) is 0 Å². The smallest absolute Gasteiger partial charge is 0.309 e. The number of carbonyl (C=O) groups is 1. The summed E-state index contributed by atoms with van der Waals surface area (Å²) in [7, 11) is 0. The molecule has 142 valence electrons. The zero-order valence-corrected chi connectivity index (χ0v) is 15.8. The van der Waals surface area contributed by atoms with E-state index in [4.69, 9.17) is 4.74 Å². The Kier molecular flexibility index (Phi) is 5.71. The molecule has 0 spiro atoms. The summed E-state index contributed by atoms with van der Waals surface area (Å²) in [6.07, 6.45) is 2.96. The molecule has 1 aliphatic heterocycles. The zero-order chi connectivity index (χ0) is 19.6. The maximum absolute atomic E-state index is 13.4. The Morgan fingerprint density at radius 1 is 1.30 bits per heavy atom. The first-order valence-electron chi connectivity index (χ1n) is 9.16. The Morgan fingerprint density at radius 2 is 2.00 bits per heavy atom. The number of aryl methyl sites for hydroxylation is 1. The number of esters is 1. The van der Waals surface area contributed by atoms with Crippen molar-refractivity contribution >= 4 is 12.0 Å². The molecule has 1 aromatic heterocycles. The van der Waals surface area contributed by atoms with Crippen LogP contribution in [-0.4, -0.2) is 28.3 Å². The van der Waals surface area contributed by atoms with Gasteiger partial charge in [0.05, 0.1) is 18.2 Å². The SMILES string of the molecule is Cc1cc(-c2ccc(F)cc2)c(/C=C/[C@H]2C[C@H](O)CC(=O)O2)c(C(C)C)n1. The van der Waals surface area contributed by atoms with E-state index in [1.165, 1.54) is 12.1 Å². The van der Waals surface area contributed by atoms with E-state index in [1.54, 1.807) is 18.2 Å². The summed E-state index contributed by atoms with van der Waals surface area (Å²) in [6, 6.07) is 8.34. The number of aliphatic hydroxyl groups excluding tert-OH is 1. The summed E-state index contributed by atoms with van der Waals surface area (Å²) in [5, 5.41) is 9.80. The van der Waals surface area contributed by atoms with Gasteiger partial charge < -0.3 is 9.84 Å². The van der Waals surface area contributed by atoms with Gasteiger partial charge >= 0.3 is 5.97 Å². The predicted molar refractivity (Wildman–Crippen MR) is 103 cm³/mol. The van der Waals surface area contributed by atoms with E-state index in [-0.39, 0.29) is 18.2 Å². The molecule has 0 aliphatic carbocycles. The van der Waals surface area contributed by atoms with Crippen molar-refractivity contribution in [2.75, 3.05) is 0 Å². The molecule has 2 atom stereocenters. The fourth-order valence-corrected chi connectivity index (χ4v) is 3.32. The minimum Gasteiger partial charge on any atom is -0.458 e. The van der Waals surface area contributed by atoms with Crippen molar-refractivity contribution in [3.05, 3.63) is 59.2 Å². The maximum Gasteiger partial charge on any atom is 0.309 e. The molecule has 0 saturated carbocycles. The predicted octanol–water partition coefficient (Wildman–Crippen LogP) is 4.40. The highest BCUT2D eigenvalue weighted by atomic mass is 19.1. The number of nitrogens with zero attached hydrogens (tertiary/aromatic N) is 1. The number of halogens is 1. The van der Waals surface area contributed by atoms with Crippen LogP contribution in [0.5, 0.6) is 0 Å². The number of benzene rings is 1. The van der Waals surface area contributed by atoms with Gasteiger partial charge in [-0.25, -0.2) is 4.39 Å². The van der Waals surface area contributed by atoms with E-state index in [9.17, 15) is 14.3 Å². The molecule has 0 radical (unpaired) electrons. The third-order valence-corrected chi connectivity index (χ3v) is 4.59. The number of carbonyl (C=O) groups excluding carboxylic acids is 1. The van der Waals surface area contributed by atoms with Crippen LogP contribution >= 0.6 is 0 Å². The molecule has 2 aromatic rings. The molecular formula is C22H24FNO3. The average molecular weight is 369 g/mol. The van der Waals surface area contributed by atoms with Crippen molar-refractivity contribution in [2.24, 2.45) is 0 Å². The fraction of sp³-hybridized carbons (Fsp3) is 0.364. The van der Waals surface area contributed by atoms with Crippen LogP contribution in [0, 0.1) is 12.7 Å². The number of pyridine rings is 1. The van der Waals surface area contributed by atoms with Gasteiger partial charge in [0.1, 0.15) is 11.9 Å². The number of hydrogen-bond acceptors (Lipinski definition) is 4. The minimum atomic E-state index is -0.682. The van der Waals surface area contributed by atoms with Gasteiger partial charge in [-0.05, 0) is 48.2 Å². The van der Waals surface area contributed by atoms with Gasteiger partial charge in [-0.2, -0.15) is 0 Å². The summed E-state index contributed by atoms with van der Waals surface area (Å²) in [5.41, 5.74) is 4.57. The number of rotatable bonds is 4. The van der Waals surface area contributed by atoms with Crippen molar-refractivity contribution in [1.82, 2.24) is 4.98 Å². The second-order valence-electron chi connectivity index (χ2n) is 7.25. The molecule has 3 rings (SSSR count). The molecule has 5 heteroatoms. The molecule has 0 unspecified atom stereocenters. The molecule has 1 fully saturated rings. The number of aliphatic hydroxyl groups is 1. The Hall–Kier alpha value is -2.53. The lowest BCUT2D eigenvalue weighted by Gasteiger charge is -2.24. The normalized spacial score (nSPS) is 20.3. The van der Waals surface area contributed by atoms with Gasteiger partial charge in [0.25, 0.3) is 0 Å². The van der Waals surface area contributed by atoms with E-state index >= 15 is 0 Å². The fourth-order valence-electron chi connectivity index (χ4n) is 3.32. The van der Waals surface area contributed by atoms with Crippen molar-refractivity contribution in [2.45, 2.75) is 51.7 Å². The molecule has 1 saturated heterocycles. The summed E-state index contributed by atoms with van der Waals surface area (Å²) >= 11 is 0. The van der Waals surface area contributed by atoms with Crippen molar-refractivity contribution in [1.29, 1.82) is 0 Å². The number of aromatic nitrogens is 1. The molecule has 1 aliphatic rings. The Balaban J connectivity index is 2.05. The summed E-state index contributed by atoms with van der Waals surface area (Å²) < 4.78 is 18.7. The highest BCUT2D eigenvalue weighted by Crippen LogP contribution is 2.32. The highest BCUT2D eigenvalue weighted by Gasteiger charge is 2.25. The van der Waals surface area contributed by atoms with Gasteiger partial charge in [-0.1, -0.05) is 32.1 Å². The Bertz CT molecular complexity index is 859. The highest BCUT2D eigenvalue weighted by molar-refractivity contribution is 5.77. The van der Waals surface area contributed by atoms with E-state index in [0.717, 1.165) is 28.1 Å². The summed E-state index contributed by atoms with van der Waals surface area (Å²) in [4.78, 5) is 16.3. The van der Waals surface area contributed by atoms with Gasteiger partial charge in [0, 0.05) is 17.7 Å². The van der Waals surface area contributed by atoms with E-state index in [1.807, 2.05) is 19.1 Å². The topological polar surface area (TPSA) is 59.4 Å². The Labute approximate surface area is 158 Å². The number of cyclic esters (lactones) is 1. The van der Waals surface area contributed by atoms with Crippen molar-refractivity contribution < 1.29 is 19.0 Å². The molecule has 4 nitrogen and oxygen atoms in total. The average Bonchev–Trinajstić information content (AvgIpc) is 2.59. The van der Waals surface area contributed by atoms with E-state index in [0.29, 0.717) is 6.42 Å². The lowest BCUT2D eigenvalue weighted by molar-refractivity contribution is -0.156. The number of ether oxygens (including phenoxy) is 1. The zero-order valence-electron chi connectivity index (χ0n) is 15.8. The first kappa shape index (κ1) is 19.2. The first-order chi connectivity index (χ1) is 12.8.